The highest BCUT2D eigenvalue weighted by molar-refractivity contribution is 5.77. The molecule has 8 nitrogen and oxygen atoms in total. The van der Waals surface area contributed by atoms with Crippen LogP contribution in [0, 0.1) is 29.1 Å². The number of amides is 2. The predicted octanol–water partition coefficient (Wildman–Crippen LogP) is 2.95. The molecule has 8 heteroatoms. The first kappa shape index (κ1) is 21.2. The van der Waals surface area contributed by atoms with E-state index in [2.05, 4.69) is 5.32 Å². The number of methoxy groups -OCH3 is 1. The molecule has 3 atom stereocenters. The lowest BCUT2D eigenvalue weighted by molar-refractivity contribution is -0.182. The van der Waals surface area contributed by atoms with Crippen LogP contribution < -0.4 is 5.32 Å². The van der Waals surface area contributed by atoms with Gasteiger partial charge in [-0.15, -0.1) is 0 Å². The Balaban J connectivity index is 1.29. The average molecular weight is 423 g/mol. The fraction of sp³-hybridized carbons (Fsp3) is 0.864. The summed E-state index contributed by atoms with van der Waals surface area (Å²) in [6, 6.07) is -0.113. The Bertz CT molecular complexity index is 679. The second-order valence-corrected chi connectivity index (χ2v) is 10.2. The van der Waals surface area contributed by atoms with Gasteiger partial charge in [0.05, 0.1) is 25.2 Å². The number of hydrogen-bond donors (Lipinski definition) is 1. The molecule has 1 heterocycles. The Morgan fingerprint density at radius 1 is 1.13 bits per heavy atom. The Labute approximate surface area is 178 Å². The van der Waals surface area contributed by atoms with Gasteiger partial charge in [0.2, 0.25) is 0 Å². The summed E-state index contributed by atoms with van der Waals surface area (Å²) in [5.74, 6) is 1.20. The third kappa shape index (κ3) is 4.10. The summed E-state index contributed by atoms with van der Waals surface area (Å²) in [5, 5.41) is 2.84. The van der Waals surface area contributed by atoms with Crippen LogP contribution in [-0.4, -0.2) is 62.0 Å². The molecule has 0 aromatic rings. The van der Waals surface area contributed by atoms with Crippen molar-refractivity contribution in [1.82, 2.24) is 10.2 Å². The van der Waals surface area contributed by atoms with Gasteiger partial charge in [0.25, 0.3) is 0 Å². The number of esters is 1. The van der Waals surface area contributed by atoms with Crippen molar-refractivity contribution in [3.63, 3.8) is 0 Å². The van der Waals surface area contributed by atoms with Crippen LogP contribution in [0.1, 0.15) is 52.4 Å². The van der Waals surface area contributed by atoms with Crippen molar-refractivity contribution in [2.75, 3.05) is 26.8 Å². The van der Waals surface area contributed by atoms with Crippen LogP contribution in [0.15, 0.2) is 0 Å². The molecular formula is C22H34N2O6. The van der Waals surface area contributed by atoms with Gasteiger partial charge in [-0.25, -0.2) is 9.59 Å². The minimum absolute atomic E-state index is 0.0931. The first-order valence-electron chi connectivity index (χ1n) is 11.3. The van der Waals surface area contributed by atoms with E-state index in [4.69, 9.17) is 14.2 Å². The quantitative estimate of drug-likeness (QED) is 0.541. The van der Waals surface area contributed by atoms with Crippen LogP contribution >= 0.6 is 0 Å². The van der Waals surface area contributed by atoms with Crippen molar-refractivity contribution in [2.24, 2.45) is 29.1 Å². The van der Waals surface area contributed by atoms with Crippen molar-refractivity contribution in [3.05, 3.63) is 0 Å². The summed E-state index contributed by atoms with van der Waals surface area (Å²) in [5.41, 5.74) is -0.368. The van der Waals surface area contributed by atoms with Crippen LogP contribution in [0.2, 0.25) is 0 Å². The molecule has 4 aliphatic carbocycles. The first-order chi connectivity index (χ1) is 14.3. The second-order valence-electron chi connectivity index (χ2n) is 10.2. The molecule has 0 aromatic carbocycles. The first-order valence-corrected chi connectivity index (χ1v) is 11.3. The molecule has 5 fully saturated rings. The molecule has 0 spiro atoms. The number of hydrogen-bond acceptors (Lipinski definition) is 6. The monoisotopic (exact) mass is 422 g/mol. The smallest absolute Gasteiger partial charge is 0.410 e. The zero-order valence-electron chi connectivity index (χ0n) is 18.2. The predicted molar refractivity (Wildman–Crippen MR) is 108 cm³/mol. The summed E-state index contributed by atoms with van der Waals surface area (Å²) in [7, 11) is 1.47. The summed E-state index contributed by atoms with van der Waals surface area (Å²) in [6.07, 6.45) is 4.33. The lowest BCUT2D eigenvalue weighted by atomic mass is 9.48. The lowest BCUT2D eigenvalue weighted by Crippen LogP contribution is -2.58. The van der Waals surface area contributed by atoms with Crippen molar-refractivity contribution >= 4 is 18.2 Å². The second kappa shape index (κ2) is 8.27. The van der Waals surface area contributed by atoms with Crippen LogP contribution in [0.4, 0.5) is 9.59 Å². The van der Waals surface area contributed by atoms with Gasteiger partial charge in [0, 0.05) is 13.1 Å². The maximum atomic E-state index is 12.8. The van der Waals surface area contributed by atoms with Crippen LogP contribution in [0.5, 0.6) is 0 Å². The van der Waals surface area contributed by atoms with Crippen molar-refractivity contribution in [1.29, 1.82) is 0 Å². The Morgan fingerprint density at radius 3 is 2.47 bits per heavy atom. The topological polar surface area (TPSA) is 94.2 Å². The Kier molecular flexibility index (Phi) is 5.86. The molecule has 0 aromatic heterocycles. The van der Waals surface area contributed by atoms with E-state index in [-0.39, 0.29) is 47.4 Å². The maximum absolute atomic E-state index is 12.8. The number of nitrogens with one attached hydrogen (secondary N) is 1. The number of ether oxygens (including phenoxy) is 3. The van der Waals surface area contributed by atoms with Gasteiger partial charge in [0.15, 0.2) is 0 Å². The number of rotatable bonds is 5. The number of nitrogens with zero attached hydrogens (tertiary/aromatic N) is 1. The number of alkyl carbamates (subject to hydrolysis) is 1. The fourth-order valence-corrected chi connectivity index (χ4v) is 6.32. The van der Waals surface area contributed by atoms with Crippen molar-refractivity contribution in [3.8, 4) is 0 Å². The molecule has 2 unspecified atom stereocenters. The van der Waals surface area contributed by atoms with Gasteiger partial charge in [0.1, 0.15) is 6.10 Å². The molecule has 5 aliphatic rings. The van der Waals surface area contributed by atoms with E-state index in [1.807, 2.05) is 13.8 Å². The molecule has 0 radical (unpaired) electrons. The molecule has 4 bridgehead atoms. The molecule has 2 amide bonds. The van der Waals surface area contributed by atoms with Crippen LogP contribution in [0.3, 0.4) is 0 Å². The highest BCUT2D eigenvalue weighted by Gasteiger charge is 2.60. The normalized spacial score (nSPS) is 36.7. The zero-order valence-corrected chi connectivity index (χ0v) is 18.2. The molecule has 1 aliphatic heterocycles. The van der Waals surface area contributed by atoms with Gasteiger partial charge in [-0.3, -0.25) is 4.79 Å². The van der Waals surface area contributed by atoms with Gasteiger partial charge < -0.3 is 24.4 Å². The zero-order chi connectivity index (χ0) is 21.5. The molecule has 30 heavy (non-hydrogen) atoms. The molecule has 4 saturated carbocycles. The van der Waals surface area contributed by atoms with Gasteiger partial charge >= 0.3 is 18.2 Å². The van der Waals surface area contributed by atoms with Gasteiger partial charge in [-0.2, -0.15) is 0 Å². The Hall–Kier alpha value is -1.99. The molecule has 1 N–H and O–H groups in total. The van der Waals surface area contributed by atoms with E-state index in [0.717, 1.165) is 32.1 Å². The highest BCUT2D eigenvalue weighted by atomic mass is 16.6. The van der Waals surface area contributed by atoms with Crippen LogP contribution in [0.25, 0.3) is 0 Å². The standard InChI is InChI=1S/C22H34N2O6/c1-13(2)12-29-20(26)23-17-4-5-24(11-17)21(27)30-18-15-6-14-7-16(18)10-22(8-14,9-15)19(25)28-3/h13-18H,4-12H2,1-3H3,(H,23,26)/t14?,15?,16?,17-,18?,22?/m1/s1. The summed E-state index contributed by atoms with van der Waals surface area (Å²) in [6.45, 7) is 5.34. The lowest BCUT2D eigenvalue weighted by Gasteiger charge is -2.57. The largest absolute Gasteiger partial charge is 0.469 e. The molecule has 1 saturated heterocycles. The van der Waals surface area contributed by atoms with Gasteiger partial charge in [-0.1, -0.05) is 13.8 Å². The molecular weight excluding hydrogens is 388 g/mol. The van der Waals surface area contributed by atoms with E-state index in [9.17, 15) is 14.4 Å². The van der Waals surface area contributed by atoms with E-state index < -0.39 is 6.09 Å². The molecule has 168 valence electrons. The summed E-state index contributed by atoms with van der Waals surface area (Å²) < 4.78 is 16.3. The van der Waals surface area contributed by atoms with E-state index in [1.54, 1.807) is 4.90 Å². The maximum Gasteiger partial charge on any atom is 0.410 e. The Morgan fingerprint density at radius 2 is 1.83 bits per heavy atom. The third-order valence-corrected chi connectivity index (χ3v) is 7.36. The fourth-order valence-electron chi connectivity index (χ4n) is 6.32. The highest BCUT2D eigenvalue weighted by Crippen LogP contribution is 2.61. The van der Waals surface area contributed by atoms with Crippen LogP contribution in [-0.2, 0) is 19.0 Å². The minimum Gasteiger partial charge on any atom is -0.469 e. The van der Waals surface area contributed by atoms with Crippen molar-refractivity contribution in [2.45, 2.75) is 64.5 Å². The minimum atomic E-state index is -0.432. The third-order valence-electron chi connectivity index (χ3n) is 7.36. The number of carbonyl (C=O) groups is 3. The molecule has 5 rings (SSSR count). The van der Waals surface area contributed by atoms with E-state index >= 15 is 0 Å². The van der Waals surface area contributed by atoms with E-state index in [1.165, 1.54) is 7.11 Å². The average Bonchev–Trinajstić information content (AvgIpc) is 3.16. The van der Waals surface area contributed by atoms with E-state index in [0.29, 0.717) is 32.0 Å². The summed E-state index contributed by atoms with van der Waals surface area (Å²) >= 11 is 0. The van der Waals surface area contributed by atoms with Crippen molar-refractivity contribution < 1.29 is 28.6 Å². The summed E-state index contributed by atoms with van der Waals surface area (Å²) in [4.78, 5) is 38.8. The SMILES string of the molecule is COC(=O)C12CC3CC(C1)C(OC(=O)N1CC[C@@H](NC(=O)OCC(C)C)C1)C(C3)C2. The number of likely N-dealkylation sites (tertiary alicyclic amines) is 1. The number of carbonyl (C=O) groups excluding carboxylic acids is 3. The van der Waals surface area contributed by atoms with Gasteiger partial charge in [-0.05, 0) is 62.2 Å².